The minimum absolute atomic E-state index is 0.0816. The summed E-state index contributed by atoms with van der Waals surface area (Å²) in [4.78, 5) is 55.5. The van der Waals surface area contributed by atoms with Crippen molar-refractivity contribution in [1.82, 2.24) is 15.5 Å². The van der Waals surface area contributed by atoms with E-state index in [1.54, 1.807) is 0 Å². The molecule has 0 bridgehead atoms. The second kappa shape index (κ2) is 17.5. The van der Waals surface area contributed by atoms with Gasteiger partial charge in [-0.05, 0) is 75.5 Å². The van der Waals surface area contributed by atoms with Crippen molar-refractivity contribution >= 4 is 34.8 Å². The third-order valence-corrected chi connectivity index (χ3v) is 10.5. The van der Waals surface area contributed by atoms with E-state index in [0.29, 0.717) is 31.7 Å². The van der Waals surface area contributed by atoms with Crippen molar-refractivity contribution in [3.8, 4) is 16.9 Å². The molecule has 280 valence electrons. The predicted octanol–water partition coefficient (Wildman–Crippen LogP) is 7.20. The van der Waals surface area contributed by atoms with Crippen molar-refractivity contribution in [3.63, 3.8) is 0 Å². The topological polar surface area (TPSA) is 114 Å². The SMILES string of the molecule is O=C(N[C@@H](Cc1ccc(OCc2ccccc2)cc1)C(=O)N1CCC[C@H]1C(=O)N[C@@H](Cc1ccccc1)C(=O)Cl)OCC1c2ccccc2-c2ccccc21. The average molecular weight is 756 g/mol. The molecule has 1 fully saturated rings. The van der Waals surface area contributed by atoms with Gasteiger partial charge in [0.1, 0.15) is 37.1 Å². The zero-order chi connectivity index (χ0) is 38.1. The Morgan fingerprint density at radius 1 is 0.673 bits per heavy atom. The number of fused-ring (bicyclic) bond motifs is 3. The summed E-state index contributed by atoms with van der Waals surface area (Å²) in [5, 5.41) is 4.92. The van der Waals surface area contributed by atoms with Gasteiger partial charge < -0.3 is 25.0 Å². The van der Waals surface area contributed by atoms with E-state index in [4.69, 9.17) is 21.1 Å². The van der Waals surface area contributed by atoms with Crippen LogP contribution in [-0.2, 0) is 38.6 Å². The number of likely N-dealkylation sites (tertiary alicyclic amines) is 1. The highest BCUT2D eigenvalue weighted by Crippen LogP contribution is 2.44. The molecule has 10 heteroatoms. The summed E-state index contributed by atoms with van der Waals surface area (Å²) >= 11 is 5.93. The number of carbonyl (C=O) groups excluding carboxylic acids is 4. The van der Waals surface area contributed by atoms with Crippen LogP contribution >= 0.6 is 11.6 Å². The number of rotatable bonds is 14. The number of hydrogen-bond acceptors (Lipinski definition) is 6. The highest BCUT2D eigenvalue weighted by Gasteiger charge is 2.39. The number of nitrogens with zero attached hydrogens (tertiary/aromatic N) is 1. The summed E-state index contributed by atoms with van der Waals surface area (Å²) in [5.41, 5.74) is 7.02. The van der Waals surface area contributed by atoms with Gasteiger partial charge in [0.25, 0.3) is 0 Å². The monoisotopic (exact) mass is 755 g/mol. The van der Waals surface area contributed by atoms with Gasteiger partial charge in [-0.1, -0.05) is 121 Å². The molecule has 0 spiro atoms. The van der Waals surface area contributed by atoms with Crippen molar-refractivity contribution < 1.29 is 28.7 Å². The number of amides is 3. The molecule has 9 nitrogen and oxygen atoms in total. The number of alkyl carbamates (subject to hydrolysis) is 1. The van der Waals surface area contributed by atoms with Crippen LogP contribution in [0.25, 0.3) is 11.1 Å². The first-order chi connectivity index (χ1) is 26.8. The van der Waals surface area contributed by atoms with Gasteiger partial charge in [0.05, 0.1) is 0 Å². The second-order valence-electron chi connectivity index (χ2n) is 13.9. The number of carbonyl (C=O) groups is 4. The zero-order valence-corrected chi connectivity index (χ0v) is 31.0. The van der Waals surface area contributed by atoms with Crippen LogP contribution in [0.5, 0.6) is 5.75 Å². The van der Waals surface area contributed by atoms with Gasteiger partial charge in [-0.3, -0.25) is 14.4 Å². The molecule has 5 aromatic carbocycles. The lowest BCUT2D eigenvalue weighted by molar-refractivity contribution is -0.140. The molecule has 1 aliphatic heterocycles. The average Bonchev–Trinajstić information content (AvgIpc) is 3.83. The fourth-order valence-electron chi connectivity index (χ4n) is 7.49. The fourth-order valence-corrected chi connectivity index (χ4v) is 7.62. The van der Waals surface area contributed by atoms with Gasteiger partial charge in [0.15, 0.2) is 0 Å². The Bertz CT molecular complexity index is 2080. The summed E-state index contributed by atoms with van der Waals surface area (Å²) < 4.78 is 11.8. The predicted molar refractivity (Wildman–Crippen MR) is 211 cm³/mol. The van der Waals surface area contributed by atoms with Gasteiger partial charge >= 0.3 is 6.09 Å². The van der Waals surface area contributed by atoms with E-state index >= 15 is 0 Å². The van der Waals surface area contributed by atoms with Crippen molar-refractivity contribution in [2.75, 3.05) is 13.2 Å². The van der Waals surface area contributed by atoms with E-state index in [1.807, 2.05) is 121 Å². The number of hydrogen-bond donors (Lipinski definition) is 2. The van der Waals surface area contributed by atoms with Crippen LogP contribution in [0, 0.1) is 0 Å². The molecule has 55 heavy (non-hydrogen) atoms. The molecule has 0 unspecified atom stereocenters. The molecule has 3 atom stereocenters. The van der Waals surface area contributed by atoms with Crippen molar-refractivity contribution in [1.29, 1.82) is 0 Å². The van der Waals surface area contributed by atoms with E-state index < -0.39 is 41.3 Å². The minimum Gasteiger partial charge on any atom is -0.489 e. The molecule has 1 saturated heterocycles. The fraction of sp³-hybridized carbons (Fsp3) is 0.244. The molecular weight excluding hydrogens is 714 g/mol. The van der Waals surface area contributed by atoms with Crippen LogP contribution in [0.3, 0.4) is 0 Å². The van der Waals surface area contributed by atoms with Gasteiger partial charge in [-0.2, -0.15) is 0 Å². The van der Waals surface area contributed by atoms with Crippen LogP contribution in [-0.4, -0.2) is 59.3 Å². The van der Waals surface area contributed by atoms with Gasteiger partial charge in [0.2, 0.25) is 17.1 Å². The van der Waals surface area contributed by atoms with Crippen molar-refractivity contribution in [2.45, 2.75) is 56.3 Å². The lowest BCUT2D eigenvalue weighted by Gasteiger charge is -2.29. The molecular formula is C45H42ClN3O6. The third kappa shape index (κ3) is 9.07. The van der Waals surface area contributed by atoms with E-state index in [0.717, 1.165) is 38.9 Å². The smallest absolute Gasteiger partial charge is 0.407 e. The number of nitrogens with one attached hydrogen (secondary N) is 2. The molecule has 3 amide bonds. The number of halogens is 1. The molecule has 1 heterocycles. The molecule has 5 aromatic rings. The minimum atomic E-state index is -1.05. The number of ether oxygens (including phenoxy) is 2. The Balaban J connectivity index is 1.06. The maximum absolute atomic E-state index is 14.4. The lowest BCUT2D eigenvalue weighted by atomic mass is 9.98. The highest BCUT2D eigenvalue weighted by atomic mass is 35.5. The lowest BCUT2D eigenvalue weighted by Crippen LogP contribution is -2.56. The Labute approximate surface area is 325 Å². The number of benzene rings is 5. The van der Waals surface area contributed by atoms with Crippen molar-refractivity contribution in [2.24, 2.45) is 0 Å². The molecule has 2 N–H and O–H groups in total. The Morgan fingerprint density at radius 2 is 1.24 bits per heavy atom. The normalized spacial score (nSPS) is 15.7. The van der Waals surface area contributed by atoms with Crippen molar-refractivity contribution in [3.05, 3.63) is 161 Å². The first kappa shape index (κ1) is 37.4. The molecule has 7 rings (SSSR count). The van der Waals surface area contributed by atoms with Crippen LogP contribution in [0.2, 0.25) is 0 Å². The molecule has 0 saturated carbocycles. The van der Waals surface area contributed by atoms with Gasteiger partial charge in [-0.15, -0.1) is 0 Å². The van der Waals surface area contributed by atoms with E-state index in [-0.39, 0.29) is 25.4 Å². The van der Waals surface area contributed by atoms with E-state index in [9.17, 15) is 19.2 Å². The van der Waals surface area contributed by atoms with Gasteiger partial charge in [0, 0.05) is 25.3 Å². The molecule has 1 aliphatic carbocycles. The molecule has 0 aromatic heterocycles. The van der Waals surface area contributed by atoms with Crippen LogP contribution < -0.4 is 15.4 Å². The van der Waals surface area contributed by atoms with Crippen LogP contribution in [0.15, 0.2) is 133 Å². The first-order valence-corrected chi connectivity index (χ1v) is 18.9. The standard InChI is InChI=1S/C45H42ClN3O6/c46-42(50)39(26-30-12-3-1-4-13-30)47-43(51)41-20-11-25-49(41)44(52)40(27-31-21-23-33(24-22-31)54-28-32-14-5-2-6-15-32)48-45(53)55-29-38-36-18-9-7-16-34(36)35-17-8-10-19-37(35)38/h1-10,12-19,21-24,38-41H,11,20,25-29H2,(H,47,51)(H,48,53)/t39-,40-,41-/m0/s1. The maximum Gasteiger partial charge on any atom is 0.407 e. The maximum atomic E-state index is 14.4. The Hall–Kier alpha value is -5.93. The summed E-state index contributed by atoms with van der Waals surface area (Å²) in [6.45, 7) is 0.799. The van der Waals surface area contributed by atoms with E-state index in [1.165, 1.54) is 4.90 Å². The molecule has 2 aliphatic rings. The second-order valence-corrected chi connectivity index (χ2v) is 14.3. The summed E-state index contributed by atoms with van der Waals surface area (Å²) in [7, 11) is 0. The van der Waals surface area contributed by atoms with E-state index in [2.05, 4.69) is 22.8 Å². The highest BCUT2D eigenvalue weighted by molar-refractivity contribution is 6.64. The summed E-state index contributed by atoms with van der Waals surface area (Å²) in [5.74, 6) is -0.390. The zero-order valence-electron chi connectivity index (χ0n) is 30.2. The summed E-state index contributed by atoms with van der Waals surface area (Å²) in [6, 6.07) is 39.8. The quantitative estimate of drug-likeness (QED) is 0.116. The Kier molecular flexibility index (Phi) is 11.9. The van der Waals surface area contributed by atoms with Gasteiger partial charge in [-0.25, -0.2) is 4.79 Å². The van der Waals surface area contributed by atoms with Crippen LogP contribution in [0.1, 0.15) is 46.6 Å². The largest absolute Gasteiger partial charge is 0.489 e. The molecule has 0 radical (unpaired) electrons. The summed E-state index contributed by atoms with van der Waals surface area (Å²) in [6.07, 6.45) is 0.597. The van der Waals surface area contributed by atoms with Crippen LogP contribution in [0.4, 0.5) is 4.79 Å². The third-order valence-electron chi connectivity index (χ3n) is 10.3. The first-order valence-electron chi connectivity index (χ1n) is 18.6. The Morgan fingerprint density at radius 3 is 1.87 bits per heavy atom.